The van der Waals surface area contributed by atoms with Crippen molar-refractivity contribution in [3.63, 3.8) is 0 Å². The number of benzene rings is 1. The summed E-state index contributed by atoms with van der Waals surface area (Å²) >= 11 is 0. The molecule has 1 aromatic carbocycles. The van der Waals surface area contributed by atoms with Crippen LogP contribution in [0, 0.1) is 0 Å². The molecule has 1 aromatic heterocycles. The second-order valence-corrected chi connectivity index (χ2v) is 5.87. The number of carbonyl (C=O) groups excluding carboxylic acids is 2. The third-order valence-electron chi connectivity index (χ3n) is 3.86. The lowest BCUT2D eigenvalue weighted by Gasteiger charge is -2.13. The summed E-state index contributed by atoms with van der Waals surface area (Å²) in [5, 5.41) is 8.40. The van der Waals surface area contributed by atoms with Crippen LogP contribution in [0.2, 0.25) is 0 Å². The van der Waals surface area contributed by atoms with Crippen molar-refractivity contribution >= 4 is 17.6 Å². The molecule has 25 heavy (non-hydrogen) atoms. The van der Waals surface area contributed by atoms with Crippen LogP contribution in [0.4, 0.5) is 10.5 Å². The topological polar surface area (TPSA) is 108 Å². The highest BCUT2D eigenvalue weighted by Crippen LogP contribution is 2.26. The molecule has 0 unspecified atom stereocenters. The van der Waals surface area contributed by atoms with Crippen molar-refractivity contribution in [2.24, 2.45) is 0 Å². The Balaban J connectivity index is 1.58. The predicted molar refractivity (Wildman–Crippen MR) is 92.8 cm³/mol. The molecule has 1 aliphatic carbocycles. The zero-order chi connectivity index (χ0) is 17.6. The van der Waals surface area contributed by atoms with E-state index in [4.69, 9.17) is 4.74 Å². The monoisotopic (exact) mass is 343 g/mol. The molecule has 1 heterocycles. The zero-order valence-electron chi connectivity index (χ0n) is 14.0. The summed E-state index contributed by atoms with van der Waals surface area (Å²) in [6.45, 7) is 0.457. The van der Waals surface area contributed by atoms with Crippen LogP contribution in [-0.4, -0.2) is 41.6 Å². The third-order valence-corrected chi connectivity index (χ3v) is 3.86. The largest absolute Gasteiger partial charge is 0.495 e. The number of methoxy groups -OCH3 is 1. The Morgan fingerprint density at radius 1 is 1.36 bits per heavy atom. The highest BCUT2D eigenvalue weighted by atomic mass is 16.5. The van der Waals surface area contributed by atoms with Crippen molar-refractivity contribution < 1.29 is 14.3 Å². The molecule has 1 fully saturated rings. The Morgan fingerprint density at radius 2 is 2.20 bits per heavy atom. The molecule has 1 saturated carbocycles. The van der Waals surface area contributed by atoms with Gasteiger partial charge in [-0.15, -0.1) is 0 Å². The van der Waals surface area contributed by atoms with E-state index < -0.39 is 0 Å². The van der Waals surface area contributed by atoms with Gasteiger partial charge in [-0.25, -0.2) is 9.78 Å². The van der Waals surface area contributed by atoms with Crippen molar-refractivity contribution in [2.75, 3.05) is 19.0 Å². The zero-order valence-corrected chi connectivity index (χ0v) is 14.0. The quantitative estimate of drug-likeness (QED) is 0.613. The van der Waals surface area contributed by atoms with Gasteiger partial charge in [-0.05, 0) is 31.0 Å². The number of amides is 3. The molecule has 3 amide bonds. The Morgan fingerprint density at radius 3 is 2.88 bits per heavy atom. The second-order valence-electron chi connectivity index (χ2n) is 5.87. The van der Waals surface area contributed by atoms with Gasteiger partial charge in [0.2, 0.25) is 0 Å². The summed E-state index contributed by atoms with van der Waals surface area (Å²) in [7, 11) is 1.51. The molecule has 0 aliphatic heterocycles. The number of H-pyrrole nitrogens is 1. The molecule has 1 aliphatic rings. The van der Waals surface area contributed by atoms with Gasteiger partial charge in [0.05, 0.1) is 19.1 Å². The first kappa shape index (κ1) is 16.8. The van der Waals surface area contributed by atoms with Gasteiger partial charge in [-0.1, -0.05) is 0 Å². The van der Waals surface area contributed by atoms with Crippen molar-refractivity contribution in [1.82, 2.24) is 20.6 Å². The van der Waals surface area contributed by atoms with Crippen LogP contribution < -0.4 is 20.7 Å². The highest BCUT2D eigenvalue weighted by molar-refractivity contribution is 5.98. The van der Waals surface area contributed by atoms with E-state index in [1.165, 1.54) is 7.11 Å². The predicted octanol–water partition coefficient (Wildman–Crippen LogP) is 1.67. The summed E-state index contributed by atoms with van der Waals surface area (Å²) < 4.78 is 5.25. The van der Waals surface area contributed by atoms with Crippen LogP contribution in [-0.2, 0) is 6.42 Å². The highest BCUT2D eigenvalue weighted by Gasteiger charge is 2.24. The summed E-state index contributed by atoms with van der Waals surface area (Å²) in [4.78, 5) is 31.1. The number of urea groups is 1. The van der Waals surface area contributed by atoms with E-state index in [9.17, 15) is 9.59 Å². The van der Waals surface area contributed by atoms with Crippen LogP contribution in [0.25, 0.3) is 0 Å². The standard InChI is InChI=1S/C17H21N5O3/c1-25-15-5-2-11(16(23)21-12-3-4-12)8-14(15)22-17(24)19-7-6-13-9-18-10-20-13/h2,5,8-10,12H,3-4,6-7H2,1H3,(H,18,20)(H,21,23)(H2,19,22,24). The number of rotatable bonds is 7. The molecule has 0 saturated heterocycles. The summed E-state index contributed by atoms with van der Waals surface area (Å²) in [6.07, 6.45) is 5.99. The minimum Gasteiger partial charge on any atom is -0.495 e. The number of anilines is 1. The van der Waals surface area contributed by atoms with Crippen molar-refractivity contribution in [3.8, 4) is 5.75 Å². The molecule has 0 atom stereocenters. The SMILES string of the molecule is COc1ccc(C(=O)NC2CC2)cc1NC(=O)NCCc1cnc[nH]1. The maximum Gasteiger partial charge on any atom is 0.319 e. The first-order valence-corrected chi connectivity index (χ1v) is 8.16. The number of aromatic nitrogens is 2. The van der Waals surface area contributed by atoms with Crippen LogP contribution in [0.15, 0.2) is 30.7 Å². The van der Waals surface area contributed by atoms with Crippen LogP contribution in [0.5, 0.6) is 5.75 Å². The summed E-state index contributed by atoms with van der Waals surface area (Å²) in [5.41, 5.74) is 1.88. The van der Waals surface area contributed by atoms with E-state index in [2.05, 4.69) is 25.9 Å². The molecule has 0 radical (unpaired) electrons. The minimum absolute atomic E-state index is 0.146. The number of aromatic amines is 1. The lowest BCUT2D eigenvalue weighted by Crippen LogP contribution is -2.31. The van der Waals surface area contributed by atoms with E-state index in [0.29, 0.717) is 30.0 Å². The van der Waals surface area contributed by atoms with E-state index in [1.807, 2.05) is 0 Å². The normalized spacial score (nSPS) is 13.2. The first-order valence-electron chi connectivity index (χ1n) is 8.16. The number of nitrogens with one attached hydrogen (secondary N) is 4. The molecule has 8 heteroatoms. The van der Waals surface area contributed by atoms with Crippen molar-refractivity contribution in [1.29, 1.82) is 0 Å². The van der Waals surface area contributed by atoms with Crippen LogP contribution in [0.1, 0.15) is 28.9 Å². The number of ether oxygens (including phenoxy) is 1. The number of imidazole rings is 1. The van der Waals surface area contributed by atoms with Gasteiger partial charge in [0.15, 0.2) is 0 Å². The van der Waals surface area contributed by atoms with E-state index in [-0.39, 0.29) is 18.0 Å². The van der Waals surface area contributed by atoms with Gasteiger partial charge in [-0.3, -0.25) is 4.79 Å². The molecular weight excluding hydrogens is 322 g/mol. The van der Waals surface area contributed by atoms with Gasteiger partial charge in [0.1, 0.15) is 5.75 Å². The van der Waals surface area contributed by atoms with E-state index in [1.54, 1.807) is 30.7 Å². The Bertz CT molecular complexity index is 741. The molecule has 8 nitrogen and oxygen atoms in total. The smallest absolute Gasteiger partial charge is 0.319 e. The maximum atomic E-state index is 12.1. The molecule has 0 bridgehead atoms. The molecule has 2 aromatic rings. The van der Waals surface area contributed by atoms with E-state index >= 15 is 0 Å². The molecule has 4 N–H and O–H groups in total. The molecular formula is C17H21N5O3. The fraction of sp³-hybridized carbons (Fsp3) is 0.353. The minimum atomic E-state index is -0.363. The number of hydrogen-bond donors (Lipinski definition) is 4. The summed E-state index contributed by atoms with van der Waals surface area (Å²) in [6, 6.07) is 4.87. The third kappa shape index (κ3) is 4.72. The first-order chi connectivity index (χ1) is 12.2. The molecule has 132 valence electrons. The maximum absolute atomic E-state index is 12.1. The van der Waals surface area contributed by atoms with Gasteiger partial charge < -0.3 is 25.7 Å². The van der Waals surface area contributed by atoms with Crippen molar-refractivity contribution in [3.05, 3.63) is 42.0 Å². The fourth-order valence-corrected chi connectivity index (χ4v) is 2.34. The van der Waals surface area contributed by atoms with Gasteiger partial charge in [0.25, 0.3) is 5.91 Å². The number of nitrogens with zero attached hydrogens (tertiary/aromatic N) is 1. The van der Waals surface area contributed by atoms with Gasteiger partial charge >= 0.3 is 6.03 Å². The second kappa shape index (κ2) is 7.69. The van der Waals surface area contributed by atoms with Gasteiger partial charge in [-0.2, -0.15) is 0 Å². The average Bonchev–Trinajstić information content (AvgIpc) is 3.26. The lowest BCUT2D eigenvalue weighted by atomic mass is 10.1. The fourth-order valence-electron chi connectivity index (χ4n) is 2.34. The molecule has 3 rings (SSSR count). The number of hydrogen-bond acceptors (Lipinski definition) is 4. The Hall–Kier alpha value is -3.03. The number of carbonyl (C=O) groups is 2. The Kier molecular flexibility index (Phi) is 5.17. The molecule has 0 spiro atoms. The Labute approximate surface area is 145 Å². The van der Waals surface area contributed by atoms with E-state index in [0.717, 1.165) is 18.5 Å². The summed E-state index contributed by atoms with van der Waals surface area (Å²) in [5.74, 6) is 0.347. The van der Waals surface area contributed by atoms with Crippen LogP contribution >= 0.6 is 0 Å². The average molecular weight is 343 g/mol. The van der Waals surface area contributed by atoms with Crippen molar-refractivity contribution in [2.45, 2.75) is 25.3 Å². The lowest BCUT2D eigenvalue weighted by molar-refractivity contribution is 0.0951. The van der Waals surface area contributed by atoms with Gasteiger partial charge in [0, 0.05) is 36.5 Å². The van der Waals surface area contributed by atoms with Crippen LogP contribution in [0.3, 0.4) is 0 Å².